The Kier molecular flexibility index (Phi) is 2.96. The molecule has 1 aromatic heterocycles. The molecule has 0 amide bonds. The van der Waals surface area contributed by atoms with Crippen molar-refractivity contribution >= 4 is 22.6 Å². The molecule has 3 heteroatoms. The van der Waals surface area contributed by atoms with E-state index in [9.17, 15) is 5.11 Å². The number of hydrogen-bond donors (Lipinski definition) is 1. The number of aliphatic hydroxyl groups is 1. The van der Waals surface area contributed by atoms with Crippen LogP contribution in [0.5, 0.6) is 0 Å². The SMILES string of the molecule is Cc1ccc(Cl)c2cc(C(O)C(C)C)oc12. The molecule has 0 fully saturated rings. The summed E-state index contributed by atoms with van der Waals surface area (Å²) in [4.78, 5) is 0. The fourth-order valence-electron chi connectivity index (χ4n) is 1.72. The maximum Gasteiger partial charge on any atom is 0.138 e. The maximum absolute atomic E-state index is 9.94. The number of fused-ring (bicyclic) bond motifs is 1. The first-order chi connectivity index (χ1) is 7.50. The minimum absolute atomic E-state index is 0.125. The lowest BCUT2D eigenvalue weighted by Gasteiger charge is -2.10. The molecule has 1 aromatic carbocycles. The van der Waals surface area contributed by atoms with Crippen molar-refractivity contribution in [2.45, 2.75) is 26.9 Å². The molecule has 1 unspecified atom stereocenters. The minimum Gasteiger partial charge on any atom is -0.458 e. The number of aliphatic hydroxyl groups excluding tert-OH is 1. The molecule has 0 saturated heterocycles. The van der Waals surface area contributed by atoms with Crippen LogP contribution in [-0.2, 0) is 0 Å². The van der Waals surface area contributed by atoms with Gasteiger partial charge in [0.15, 0.2) is 0 Å². The van der Waals surface area contributed by atoms with Crippen LogP contribution >= 0.6 is 11.6 Å². The Labute approximate surface area is 99.8 Å². The fourth-order valence-corrected chi connectivity index (χ4v) is 1.92. The molecular weight excluding hydrogens is 224 g/mol. The maximum atomic E-state index is 9.94. The lowest BCUT2D eigenvalue weighted by molar-refractivity contribution is 0.104. The van der Waals surface area contributed by atoms with E-state index in [0.29, 0.717) is 10.8 Å². The second kappa shape index (κ2) is 4.11. The highest BCUT2D eigenvalue weighted by atomic mass is 35.5. The second-order valence-corrected chi connectivity index (χ2v) is 4.85. The molecule has 0 aliphatic rings. The molecule has 0 spiro atoms. The minimum atomic E-state index is -0.581. The van der Waals surface area contributed by atoms with Gasteiger partial charge < -0.3 is 9.52 Å². The van der Waals surface area contributed by atoms with Crippen LogP contribution in [0.3, 0.4) is 0 Å². The van der Waals surface area contributed by atoms with E-state index in [1.165, 1.54) is 0 Å². The van der Waals surface area contributed by atoms with Crippen molar-refractivity contribution in [3.63, 3.8) is 0 Å². The number of benzene rings is 1. The lowest BCUT2D eigenvalue weighted by atomic mass is 10.1. The van der Waals surface area contributed by atoms with Crippen molar-refractivity contribution in [3.8, 4) is 0 Å². The molecule has 2 nitrogen and oxygen atoms in total. The summed E-state index contributed by atoms with van der Waals surface area (Å²) in [5.41, 5.74) is 1.80. The third-order valence-corrected chi connectivity index (χ3v) is 3.10. The highest BCUT2D eigenvalue weighted by Gasteiger charge is 2.18. The Bertz CT molecular complexity index is 475. The molecular formula is C13H15ClO2. The van der Waals surface area contributed by atoms with Crippen molar-refractivity contribution in [2.24, 2.45) is 5.92 Å². The van der Waals surface area contributed by atoms with E-state index in [4.69, 9.17) is 16.0 Å². The van der Waals surface area contributed by atoms with Gasteiger partial charge in [0.05, 0.1) is 5.02 Å². The molecule has 2 rings (SSSR count). The fraction of sp³-hybridized carbons (Fsp3) is 0.385. The topological polar surface area (TPSA) is 33.4 Å². The van der Waals surface area contributed by atoms with Gasteiger partial charge in [-0.3, -0.25) is 0 Å². The van der Waals surface area contributed by atoms with Crippen molar-refractivity contribution in [2.75, 3.05) is 0 Å². The Morgan fingerprint density at radius 2 is 2.00 bits per heavy atom. The molecule has 0 radical (unpaired) electrons. The van der Waals surface area contributed by atoms with Crippen LogP contribution in [0.1, 0.15) is 31.3 Å². The van der Waals surface area contributed by atoms with Crippen LogP contribution in [0.2, 0.25) is 5.02 Å². The van der Waals surface area contributed by atoms with Gasteiger partial charge in [0.2, 0.25) is 0 Å². The number of furan rings is 1. The molecule has 1 atom stereocenters. The van der Waals surface area contributed by atoms with Crippen LogP contribution in [0, 0.1) is 12.8 Å². The Morgan fingerprint density at radius 3 is 2.56 bits per heavy atom. The van der Waals surface area contributed by atoms with Gasteiger partial charge in [-0.25, -0.2) is 0 Å². The zero-order valence-corrected chi connectivity index (χ0v) is 10.4. The number of hydrogen-bond acceptors (Lipinski definition) is 2. The first-order valence-electron chi connectivity index (χ1n) is 5.37. The monoisotopic (exact) mass is 238 g/mol. The average molecular weight is 239 g/mol. The Morgan fingerprint density at radius 1 is 1.31 bits per heavy atom. The van der Waals surface area contributed by atoms with E-state index in [2.05, 4.69) is 0 Å². The van der Waals surface area contributed by atoms with Gasteiger partial charge in [-0.05, 0) is 30.5 Å². The van der Waals surface area contributed by atoms with Gasteiger partial charge in [-0.15, -0.1) is 0 Å². The molecule has 86 valence electrons. The second-order valence-electron chi connectivity index (χ2n) is 4.44. The zero-order valence-electron chi connectivity index (χ0n) is 9.62. The highest BCUT2D eigenvalue weighted by molar-refractivity contribution is 6.35. The summed E-state index contributed by atoms with van der Waals surface area (Å²) in [5, 5.41) is 11.5. The summed E-state index contributed by atoms with van der Waals surface area (Å²) >= 11 is 6.08. The number of aryl methyl sites for hydroxylation is 1. The van der Waals surface area contributed by atoms with Gasteiger partial charge in [0.25, 0.3) is 0 Å². The Hall–Kier alpha value is -0.990. The van der Waals surface area contributed by atoms with E-state index in [1.807, 2.05) is 39.0 Å². The van der Waals surface area contributed by atoms with E-state index in [-0.39, 0.29) is 5.92 Å². The predicted molar refractivity (Wildman–Crippen MR) is 65.8 cm³/mol. The number of halogens is 1. The number of rotatable bonds is 2. The zero-order chi connectivity index (χ0) is 11.9. The van der Waals surface area contributed by atoms with Crippen LogP contribution in [0.4, 0.5) is 0 Å². The van der Waals surface area contributed by atoms with Gasteiger partial charge >= 0.3 is 0 Å². The summed E-state index contributed by atoms with van der Waals surface area (Å²) in [6, 6.07) is 5.59. The molecule has 0 saturated carbocycles. The standard InChI is InChI=1S/C13H15ClO2/c1-7(2)12(15)11-6-9-10(14)5-4-8(3)13(9)16-11/h4-7,12,15H,1-3H3. The summed E-state index contributed by atoms with van der Waals surface area (Å²) in [7, 11) is 0. The molecule has 16 heavy (non-hydrogen) atoms. The average Bonchev–Trinajstić information content (AvgIpc) is 2.68. The lowest BCUT2D eigenvalue weighted by Crippen LogP contribution is -2.03. The van der Waals surface area contributed by atoms with Crippen molar-refractivity contribution in [1.29, 1.82) is 0 Å². The highest BCUT2D eigenvalue weighted by Crippen LogP contribution is 2.33. The summed E-state index contributed by atoms with van der Waals surface area (Å²) in [6.45, 7) is 5.87. The van der Waals surface area contributed by atoms with Crippen LogP contribution in [0.15, 0.2) is 22.6 Å². The first kappa shape index (κ1) is 11.5. The van der Waals surface area contributed by atoms with Crippen LogP contribution in [-0.4, -0.2) is 5.11 Å². The third kappa shape index (κ3) is 1.83. The largest absolute Gasteiger partial charge is 0.458 e. The molecule has 2 aromatic rings. The van der Waals surface area contributed by atoms with Crippen molar-refractivity contribution in [3.05, 3.63) is 34.5 Å². The predicted octanol–water partition coefficient (Wildman–Crippen LogP) is 4.08. The smallest absolute Gasteiger partial charge is 0.138 e. The van der Waals surface area contributed by atoms with E-state index in [0.717, 1.165) is 16.5 Å². The van der Waals surface area contributed by atoms with Crippen LogP contribution < -0.4 is 0 Å². The third-order valence-electron chi connectivity index (χ3n) is 2.77. The quantitative estimate of drug-likeness (QED) is 0.855. The van der Waals surface area contributed by atoms with Crippen molar-refractivity contribution in [1.82, 2.24) is 0 Å². The molecule has 0 aliphatic carbocycles. The molecule has 0 bridgehead atoms. The van der Waals surface area contributed by atoms with Crippen molar-refractivity contribution < 1.29 is 9.52 Å². The van der Waals surface area contributed by atoms with E-state index in [1.54, 1.807) is 0 Å². The van der Waals surface area contributed by atoms with Gasteiger partial charge in [0, 0.05) is 5.39 Å². The summed E-state index contributed by atoms with van der Waals surface area (Å²) in [5.74, 6) is 0.709. The van der Waals surface area contributed by atoms with E-state index >= 15 is 0 Å². The Balaban J connectivity index is 2.60. The van der Waals surface area contributed by atoms with Gasteiger partial charge in [-0.1, -0.05) is 31.5 Å². The molecule has 0 aliphatic heterocycles. The first-order valence-corrected chi connectivity index (χ1v) is 5.75. The van der Waals surface area contributed by atoms with E-state index < -0.39 is 6.10 Å². The van der Waals surface area contributed by atoms with Crippen LogP contribution in [0.25, 0.3) is 11.0 Å². The molecule has 1 N–H and O–H groups in total. The summed E-state index contributed by atoms with van der Waals surface area (Å²) in [6.07, 6.45) is -0.581. The van der Waals surface area contributed by atoms with Gasteiger partial charge in [0.1, 0.15) is 17.4 Å². The van der Waals surface area contributed by atoms with Gasteiger partial charge in [-0.2, -0.15) is 0 Å². The normalized spacial score (nSPS) is 13.6. The molecule has 1 heterocycles. The summed E-state index contributed by atoms with van der Waals surface area (Å²) < 4.78 is 5.67.